The molecule has 0 saturated heterocycles. The highest BCUT2D eigenvalue weighted by Gasteiger charge is 2.15. The first-order chi connectivity index (χ1) is 15.4. The number of halogens is 1. The van der Waals surface area contributed by atoms with Gasteiger partial charge in [-0.05, 0) is 24.3 Å². The van der Waals surface area contributed by atoms with Crippen molar-refractivity contribution in [2.75, 3.05) is 10.6 Å². The lowest BCUT2D eigenvalue weighted by Crippen LogP contribution is -2.28. The van der Waals surface area contributed by atoms with E-state index in [0.29, 0.717) is 16.9 Å². The molecule has 0 bridgehead atoms. The first-order valence-corrected chi connectivity index (χ1v) is 9.60. The van der Waals surface area contributed by atoms with E-state index < -0.39 is 17.3 Å². The van der Waals surface area contributed by atoms with Gasteiger partial charge >= 0.3 is 0 Å². The summed E-state index contributed by atoms with van der Waals surface area (Å²) in [5.41, 5.74) is 0.992. The fraction of sp³-hybridized carbons (Fsp3) is 0.143. The molecule has 2 aromatic heterocycles. The lowest BCUT2D eigenvalue weighted by Gasteiger charge is -2.09. The molecule has 0 aliphatic heterocycles. The second-order valence-corrected chi connectivity index (χ2v) is 7.00. The minimum Gasteiger partial charge on any atom is -0.326 e. The van der Waals surface area contributed by atoms with Crippen LogP contribution in [0.3, 0.4) is 0 Å². The third-order valence-electron chi connectivity index (χ3n) is 4.55. The van der Waals surface area contributed by atoms with E-state index in [4.69, 9.17) is 0 Å². The molecule has 32 heavy (non-hydrogen) atoms. The number of hydrogen-bond donors (Lipinski definition) is 2. The number of nitrogens with zero attached hydrogens (tertiary/aromatic N) is 5. The summed E-state index contributed by atoms with van der Waals surface area (Å²) in [6.07, 6.45) is 1.22. The highest BCUT2D eigenvalue weighted by atomic mass is 19.1. The molecule has 0 fully saturated rings. The molecule has 0 atom stereocenters. The Hall–Kier alpha value is -4.41. The van der Waals surface area contributed by atoms with Crippen molar-refractivity contribution in [2.24, 2.45) is 0 Å². The molecular formula is C21H18FN7O3. The maximum absolute atomic E-state index is 13.9. The van der Waals surface area contributed by atoms with Crippen molar-refractivity contribution in [2.45, 2.75) is 20.0 Å². The number of fused-ring (bicyclic) bond motifs is 1. The van der Waals surface area contributed by atoms with Gasteiger partial charge in [0.2, 0.25) is 11.8 Å². The van der Waals surface area contributed by atoms with Crippen molar-refractivity contribution >= 4 is 34.4 Å². The summed E-state index contributed by atoms with van der Waals surface area (Å²) in [7, 11) is 0. The molecule has 0 radical (unpaired) electrons. The lowest BCUT2D eigenvalue weighted by atomic mass is 10.2. The summed E-state index contributed by atoms with van der Waals surface area (Å²) >= 11 is 0. The monoisotopic (exact) mass is 435 g/mol. The van der Waals surface area contributed by atoms with Gasteiger partial charge in [0.05, 0.1) is 6.54 Å². The fourth-order valence-electron chi connectivity index (χ4n) is 3.13. The molecular weight excluding hydrogens is 417 g/mol. The molecule has 11 heteroatoms. The van der Waals surface area contributed by atoms with Gasteiger partial charge in [-0.2, -0.15) is 0 Å². The Kier molecular flexibility index (Phi) is 5.71. The molecule has 2 N–H and O–H groups in total. The Labute approximate surface area is 180 Å². The number of aromatic nitrogens is 5. The van der Waals surface area contributed by atoms with Crippen LogP contribution in [0.5, 0.6) is 0 Å². The Balaban J connectivity index is 1.51. The van der Waals surface area contributed by atoms with Gasteiger partial charge in [0.25, 0.3) is 5.56 Å². The number of amides is 2. The van der Waals surface area contributed by atoms with E-state index in [-0.39, 0.29) is 30.2 Å². The number of benzene rings is 2. The van der Waals surface area contributed by atoms with Crippen molar-refractivity contribution in [1.82, 2.24) is 24.5 Å². The van der Waals surface area contributed by atoms with Crippen molar-refractivity contribution < 1.29 is 14.0 Å². The average Bonchev–Trinajstić information content (AvgIpc) is 3.15. The molecule has 0 aliphatic carbocycles. The Morgan fingerprint density at radius 3 is 2.56 bits per heavy atom. The smallest absolute Gasteiger partial charge is 0.283 e. The second-order valence-electron chi connectivity index (χ2n) is 7.00. The summed E-state index contributed by atoms with van der Waals surface area (Å²) in [6, 6.07) is 12.8. The van der Waals surface area contributed by atoms with Crippen LogP contribution in [-0.4, -0.2) is 36.4 Å². The lowest BCUT2D eigenvalue weighted by molar-refractivity contribution is -0.117. The summed E-state index contributed by atoms with van der Waals surface area (Å²) in [5.74, 6) is -1.10. The summed E-state index contributed by atoms with van der Waals surface area (Å²) in [5, 5.41) is 13.0. The van der Waals surface area contributed by atoms with Crippen LogP contribution in [0.2, 0.25) is 0 Å². The van der Waals surface area contributed by atoms with Gasteiger partial charge in [-0.25, -0.2) is 14.1 Å². The molecule has 4 aromatic rings. The molecule has 2 heterocycles. The maximum Gasteiger partial charge on any atom is 0.283 e. The molecule has 2 amide bonds. The quantitative estimate of drug-likeness (QED) is 0.476. The van der Waals surface area contributed by atoms with Crippen LogP contribution in [0, 0.1) is 5.82 Å². The van der Waals surface area contributed by atoms with E-state index in [1.54, 1.807) is 42.5 Å². The van der Waals surface area contributed by atoms with Crippen LogP contribution in [-0.2, 0) is 22.7 Å². The van der Waals surface area contributed by atoms with E-state index in [2.05, 4.69) is 25.9 Å². The third-order valence-corrected chi connectivity index (χ3v) is 4.55. The summed E-state index contributed by atoms with van der Waals surface area (Å²) in [4.78, 5) is 40.5. The molecule has 10 nitrogen and oxygen atoms in total. The van der Waals surface area contributed by atoms with E-state index in [9.17, 15) is 18.8 Å². The standard InChI is InChI=1S/C21H18FN7O3/c1-13(30)24-15-6-4-7-16(9-15)25-18(31)11-28-12-23-20-19(21(28)32)26-27-29(20)10-14-5-2-3-8-17(14)22/h2-9,12H,10-11H2,1H3,(H,24,30)(H,25,31). The van der Waals surface area contributed by atoms with E-state index in [1.807, 2.05) is 0 Å². The van der Waals surface area contributed by atoms with E-state index >= 15 is 0 Å². The molecule has 4 rings (SSSR count). The summed E-state index contributed by atoms with van der Waals surface area (Å²) < 4.78 is 16.4. The topological polar surface area (TPSA) is 124 Å². The number of carbonyl (C=O) groups excluding carboxylic acids is 2. The van der Waals surface area contributed by atoms with Crippen LogP contribution < -0.4 is 16.2 Å². The fourth-order valence-corrected chi connectivity index (χ4v) is 3.13. The normalized spacial score (nSPS) is 10.8. The minimum absolute atomic E-state index is 0.0238. The van der Waals surface area contributed by atoms with Gasteiger partial charge in [0, 0.05) is 23.9 Å². The molecule has 0 unspecified atom stereocenters. The van der Waals surface area contributed by atoms with Crippen LogP contribution in [0.1, 0.15) is 12.5 Å². The number of anilines is 2. The first-order valence-electron chi connectivity index (χ1n) is 9.60. The van der Waals surface area contributed by atoms with Crippen LogP contribution in [0.15, 0.2) is 59.7 Å². The molecule has 0 aliphatic rings. The molecule has 162 valence electrons. The zero-order chi connectivity index (χ0) is 22.7. The van der Waals surface area contributed by atoms with Gasteiger partial charge < -0.3 is 10.6 Å². The number of hydrogen-bond acceptors (Lipinski definition) is 6. The zero-order valence-electron chi connectivity index (χ0n) is 16.9. The maximum atomic E-state index is 13.9. The van der Waals surface area contributed by atoms with Crippen molar-refractivity contribution in [3.8, 4) is 0 Å². The van der Waals surface area contributed by atoms with Crippen LogP contribution in [0.4, 0.5) is 15.8 Å². The molecule has 0 saturated carbocycles. The van der Waals surface area contributed by atoms with E-state index in [0.717, 1.165) is 4.57 Å². The average molecular weight is 435 g/mol. The van der Waals surface area contributed by atoms with Gasteiger partial charge in [-0.1, -0.05) is 29.5 Å². The molecule has 2 aromatic carbocycles. The zero-order valence-corrected chi connectivity index (χ0v) is 16.9. The van der Waals surface area contributed by atoms with Crippen molar-refractivity contribution in [3.05, 3.63) is 76.6 Å². The highest BCUT2D eigenvalue weighted by Crippen LogP contribution is 2.15. The minimum atomic E-state index is -0.545. The van der Waals surface area contributed by atoms with Gasteiger partial charge in [-0.3, -0.25) is 19.0 Å². The van der Waals surface area contributed by atoms with Crippen molar-refractivity contribution in [3.63, 3.8) is 0 Å². The SMILES string of the molecule is CC(=O)Nc1cccc(NC(=O)Cn2cnc3c(nnn3Cc3ccccc3F)c2=O)c1. The molecule has 0 spiro atoms. The Morgan fingerprint density at radius 1 is 1.06 bits per heavy atom. The number of rotatable bonds is 6. The van der Waals surface area contributed by atoms with E-state index in [1.165, 1.54) is 24.0 Å². The second kappa shape index (κ2) is 8.76. The van der Waals surface area contributed by atoms with Crippen LogP contribution in [0.25, 0.3) is 11.2 Å². The predicted molar refractivity (Wildman–Crippen MR) is 114 cm³/mol. The number of carbonyl (C=O) groups is 2. The predicted octanol–water partition coefficient (Wildman–Crippen LogP) is 1.77. The first kappa shape index (κ1) is 20.8. The van der Waals surface area contributed by atoms with Gasteiger partial charge in [-0.15, -0.1) is 5.10 Å². The third kappa shape index (κ3) is 4.51. The highest BCUT2D eigenvalue weighted by molar-refractivity contribution is 5.93. The number of nitrogens with one attached hydrogen (secondary N) is 2. The Bertz CT molecular complexity index is 1380. The summed E-state index contributed by atoms with van der Waals surface area (Å²) in [6.45, 7) is 1.14. The van der Waals surface area contributed by atoms with Crippen LogP contribution >= 0.6 is 0 Å². The largest absolute Gasteiger partial charge is 0.326 e. The Morgan fingerprint density at radius 2 is 1.81 bits per heavy atom. The van der Waals surface area contributed by atoms with Gasteiger partial charge in [0.15, 0.2) is 11.2 Å². The van der Waals surface area contributed by atoms with Gasteiger partial charge in [0.1, 0.15) is 18.7 Å². The van der Waals surface area contributed by atoms with Crippen molar-refractivity contribution in [1.29, 1.82) is 0 Å².